The molecule has 0 radical (unpaired) electrons. The number of nitrogens with one attached hydrogen (secondary N) is 2. The fourth-order valence-electron chi connectivity index (χ4n) is 1.89. The van der Waals surface area contributed by atoms with E-state index in [-0.39, 0.29) is 6.61 Å². The minimum Gasteiger partial charge on any atom is -0.493 e. The first-order valence-corrected chi connectivity index (χ1v) is 7.45. The number of methoxy groups -OCH3 is 2. The highest BCUT2D eigenvalue weighted by Gasteiger charge is 2.12. The zero-order valence-corrected chi connectivity index (χ0v) is 13.6. The van der Waals surface area contributed by atoms with Gasteiger partial charge in [0.15, 0.2) is 11.5 Å². The van der Waals surface area contributed by atoms with E-state index >= 15 is 0 Å². The zero-order valence-electron chi connectivity index (χ0n) is 12.0. The molecule has 0 unspecified atom stereocenters. The SMILES string of the molecule is COc1ccc(Br)c(CNCCCNCCO)c1OC. The van der Waals surface area contributed by atoms with Crippen LogP contribution in [0.1, 0.15) is 12.0 Å². The predicted molar refractivity (Wildman–Crippen MR) is 83.5 cm³/mol. The maximum Gasteiger partial charge on any atom is 0.166 e. The van der Waals surface area contributed by atoms with E-state index in [1.807, 2.05) is 12.1 Å². The number of rotatable bonds is 10. The van der Waals surface area contributed by atoms with Gasteiger partial charge in [0.05, 0.1) is 20.8 Å². The fourth-order valence-corrected chi connectivity index (χ4v) is 2.34. The molecule has 0 aliphatic heterocycles. The van der Waals surface area contributed by atoms with Crippen LogP contribution in [0.25, 0.3) is 0 Å². The molecule has 1 aromatic rings. The van der Waals surface area contributed by atoms with E-state index in [1.54, 1.807) is 14.2 Å². The molecule has 0 aromatic heterocycles. The van der Waals surface area contributed by atoms with Crippen LogP contribution in [0.4, 0.5) is 0 Å². The molecule has 0 bridgehead atoms. The molecule has 0 saturated heterocycles. The van der Waals surface area contributed by atoms with Gasteiger partial charge in [0.25, 0.3) is 0 Å². The van der Waals surface area contributed by atoms with Crippen LogP contribution >= 0.6 is 15.9 Å². The van der Waals surface area contributed by atoms with Gasteiger partial charge in [-0.2, -0.15) is 0 Å². The first kappa shape index (κ1) is 17.2. The summed E-state index contributed by atoms with van der Waals surface area (Å²) in [5, 5.41) is 15.2. The smallest absolute Gasteiger partial charge is 0.166 e. The summed E-state index contributed by atoms with van der Waals surface area (Å²) < 4.78 is 11.7. The van der Waals surface area contributed by atoms with Crippen LogP contribution in [0.3, 0.4) is 0 Å². The largest absolute Gasteiger partial charge is 0.493 e. The van der Waals surface area contributed by atoms with E-state index < -0.39 is 0 Å². The molecule has 6 heteroatoms. The highest BCUT2D eigenvalue weighted by molar-refractivity contribution is 9.10. The molecule has 3 N–H and O–H groups in total. The Morgan fingerprint density at radius 3 is 2.50 bits per heavy atom. The van der Waals surface area contributed by atoms with Crippen molar-refractivity contribution in [2.24, 2.45) is 0 Å². The second kappa shape index (κ2) is 9.99. The Bertz CT molecular complexity index is 402. The number of ether oxygens (including phenoxy) is 2. The third kappa shape index (κ3) is 5.28. The Kier molecular flexibility index (Phi) is 8.60. The number of hydrogen-bond donors (Lipinski definition) is 3. The number of aliphatic hydroxyl groups is 1. The van der Waals surface area contributed by atoms with E-state index in [0.29, 0.717) is 13.1 Å². The molecule has 0 saturated carbocycles. The number of benzene rings is 1. The summed E-state index contributed by atoms with van der Waals surface area (Å²) in [6.07, 6.45) is 1.00. The summed E-state index contributed by atoms with van der Waals surface area (Å²) in [7, 11) is 3.28. The van der Waals surface area contributed by atoms with Crippen molar-refractivity contribution in [3.63, 3.8) is 0 Å². The lowest BCUT2D eigenvalue weighted by Crippen LogP contribution is -2.24. The van der Waals surface area contributed by atoms with Crippen molar-refractivity contribution < 1.29 is 14.6 Å². The Hall–Kier alpha value is -0.820. The molecule has 0 heterocycles. The van der Waals surface area contributed by atoms with Crippen LogP contribution in [0.15, 0.2) is 16.6 Å². The van der Waals surface area contributed by atoms with Crippen LogP contribution in [0, 0.1) is 0 Å². The molecule has 1 aromatic carbocycles. The maximum absolute atomic E-state index is 8.65. The molecule has 0 amide bonds. The van der Waals surface area contributed by atoms with Crippen LogP contribution in [0.5, 0.6) is 11.5 Å². The lowest BCUT2D eigenvalue weighted by Gasteiger charge is -2.15. The first-order chi connectivity index (χ1) is 9.74. The fraction of sp³-hybridized carbons (Fsp3) is 0.571. The van der Waals surface area contributed by atoms with Gasteiger partial charge in [-0.3, -0.25) is 0 Å². The highest BCUT2D eigenvalue weighted by atomic mass is 79.9. The molecule has 0 aliphatic rings. The summed E-state index contributed by atoms with van der Waals surface area (Å²) in [4.78, 5) is 0. The molecule has 114 valence electrons. The molecular formula is C14H23BrN2O3. The van der Waals surface area contributed by atoms with Gasteiger partial charge in [-0.05, 0) is 31.6 Å². The molecule has 20 heavy (non-hydrogen) atoms. The summed E-state index contributed by atoms with van der Waals surface area (Å²) in [5.74, 6) is 1.49. The van der Waals surface area contributed by atoms with Crippen LogP contribution in [0.2, 0.25) is 0 Å². The lowest BCUT2D eigenvalue weighted by atomic mass is 10.2. The second-order valence-electron chi connectivity index (χ2n) is 4.27. The number of aliphatic hydroxyl groups excluding tert-OH is 1. The van der Waals surface area contributed by atoms with Gasteiger partial charge >= 0.3 is 0 Å². The minimum atomic E-state index is 0.182. The van der Waals surface area contributed by atoms with E-state index in [4.69, 9.17) is 14.6 Å². The normalized spacial score (nSPS) is 10.6. The Balaban J connectivity index is 2.46. The monoisotopic (exact) mass is 346 g/mol. The maximum atomic E-state index is 8.65. The van der Waals surface area contributed by atoms with Crippen molar-refractivity contribution >= 4 is 15.9 Å². The van der Waals surface area contributed by atoms with Crippen molar-refractivity contribution in [2.45, 2.75) is 13.0 Å². The Morgan fingerprint density at radius 2 is 1.85 bits per heavy atom. The van der Waals surface area contributed by atoms with Gasteiger partial charge in [0.2, 0.25) is 0 Å². The van der Waals surface area contributed by atoms with E-state index in [0.717, 1.165) is 41.0 Å². The minimum absolute atomic E-state index is 0.182. The molecular weight excluding hydrogens is 324 g/mol. The Morgan fingerprint density at radius 1 is 1.10 bits per heavy atom. The number of hydrogen-bond acceptors (Lipinski definition) is 5. The van der Waals surface area contributed by atoms with Crippen molar-refractivity contribution in [3.8, 4) is 11.5 Å². The van der Waals surface area contributed by atoms with Crippen LogP contribution in [-0.2, 0) is 6.54 Å². The summed E-state index contributed by atoms with van der Waals surface area (Å²) >= 11 is 3.54. The van der Waals surface area contributed by atoms with Gasteiger partial charge < -0.3 is 25.2 Å². The second-order valence-corrected chi connectivity index (χ2v) is 5.12. The van der Waals surface area contributed by atoms with Crippen molar-refractivity contribution in [2.75, 3.05) is 40.5 Å². The molecule has 1 rings (SSSR count). The standard InChI is InChI=1S/C14H23BrN2O3/c1-19-13-5-4-12(15)11(14(13)20-2)10-17-7-3-6-16-8-9-18/h4-5,16-18H,3,6-10H2,1-2H3. The summed E-state index contributed by atoms with van der Waals surface area (Å²) in [6.45, 7) is 3.33. The predicted octanol–water partition coefficient (Wildman–Crippen LogP) is 1.53. The van der Waals surface area contributed by atoms with Crippen LogP contribution in [-0.4, -0.2) is 45.6 Å². The van der Waals surface area contributed by atoms with Crippen molar-refractivity contribution in [1.29, 1.82) is 0 Å². The Labute approximate surface area is 128 Å². The molecule has 0 spiro atoms. The van der Waals surface area contributed by atoms with Gasteiger partial charge in [0.1, 0.15) is 0 Å². The number of halogens is 1. The van der Waals surface area contributed by atoms with Crippen molar-refractivity contribution in [1.82, 2.24) is 10.6 Å². The van der Waals surface area contributed by atoms with E-state index in [2.05, 4.69) is 26.6 Å². The summed E-state index contributed by atoms with van der Waals surface area (Å²) in [5.41, 5.74) is 1.05. The first-order valence-electron chi connectivity index (χ1n) is 6.66. The van der Waals surface area contributed by atoms with Gasteiger partial charge in [-0.25, -0.2) is 0 Å². The van der Waals surface area contributed by atoms with E-state index in [1.165, 1.54) is 0 Å². The van der Waals surface area contributed by atoms with E-state index in [9.17, 15) is 0 Å². The average molecular weight is 347 g/mol. The zero-order chi connectivity index (χ0) is 14.8. The van der Waals surface area contributed by atoms with Gasteiger partial charge in [-0.15, -0.1) is 0 Å². The van der Waals surface area contributed by atoms with Crippen molar-refractivity contribution in [3.05, 3.63) is 22.2 Å². The molecule has 5 nitrogen and oxygen atoms in total. The van der Waals surface area contributed by atoms with Gasteiger partial charge in [0, 0.05) is 23.1 Å². The third-order valence-corrected chi connectivity index (χ3v) is 3.63. The lowest BCUT2D eigenvalue weighted by molar-refractivity contribution is 0.292. The van der Waals surface area contributed by atoms with Gasteiger partial charge in [-0.1, -0.05) is 15.9 Å². The molecule has 0 aliphatic carbocycles. The molecule has 0 fully saturated rings. The topological polar surface area (TPSA) is 62.8 Å². The average Bonchev–Trinajstić information content (AvgIpc) is 2.47. The highest BCUT2D eigenvalue weighted by Crippen LogP contribution is 2.35. The summed E-state index contributed by atoms with van der Waals surface area (Å²) in [6, 6.07) is 3.84. The quantitative estimate of drug-likeness (QED) is 0.561. The molecule has 0 atom stereocenters. The third-order valence-electron chi connectivity index (χ3n) is 2.89. The van der Waals surface area contributed by atoms with Crippen LogP contribution < -0.4 is 20.1 Å².